The molecule has 0 radical (unpaired) electrons. The van der Waals surface area contributed by atoms with E-state index >= 15 is 0 Å². The van der Waals surface area contributed by atoms with Crippen molar-refractivity contribution in [3.05, 3.63) is 68.3 Å². The molecule has 0 unspecified atom stereocenters. The van der Waals surface area contributed by atoms with Crippen molar-refractivity contribution in [2.24, 2.45) is 0 Å². The molecule has 10 heteroatoms. The van der Waals surface area contributed by atoms with Crippen LogP contribution in [0, 0.1) is 0 Å². The first-order valence-electron chi connectivity index (χ1n) is 9.53. The van der Waals surface area contributed by atoms with Gasteiger partial charge < -0.3 is 0 Å². The largest absolute Gasteiger partial charge is 0.329 e. The quantitative estimate of drug-likeness (QED) is 0.538. The van der Waals surface area contributed by atoms with Crippen molar-refractivity contribution in [1.82, 2.24) is 30.4 Å². The molecule has 3 aromatic heterocycles. The number of rotatable bonds is 5. The predicted molar refractivity (Wildman–Crippen MR) is 110 cm³/mol. The number of fused-ring (bicyclic) bond motifs is 1. The molecular weight excluding hydrogens is 388 g/mol. The van der Waals surface area contributed by atoms with E-state index in [1.54, 1.807) is 12.1 Å². The average Bonchev–Trinajstić information content (AvgIpc) is 2.74. The van der Waals surface area contributed by atoms with Crippen LogP contribution in [0.3, 0.4) is 0 Å². The maximum atomic E-state index is 12.9. The number of pyridine rings is 2. The van der Waals surface area contributed by atoms with Gasteiger partial charge in [-0.2, -0.15) is 0 Å². The van der Waals surface area contributed by atoms with Gasteiger partial charge >= 0.3 is 5.69 Å². The van der Waals surface area contributed by atoms with Crippen LogP contribution in [0.2, 0.25) is 0 Å². The lowest BCUT2D eigenvalue weighted by molar-refractivity contribution is 0.0844. The third-order valence-corrected chi connectivity index (χ3v) is 4.44. The number of aryl methyl sites for hydroxylation is 1. The van der Waals surface area contributed by atoms with Gasteiger partial charge in [0, 0.05) is 18.4 Å². The molecule has 0 saturated heterocycles. The van der Waals surface area contributed by atoms with Crippen LogP contribution in [-0.4, -0.2) is 31.3 Å². The minimum absolute atomic E-state index is 0.0103. The second-order valence-electron chi connectivity index (χ2n) is 6.98. The summed E-state index contributed by atoms with van der Waals surface area (Å²) in [6.07, 6.45) is 2.09. The van der Waals surface area contributed by atoms with E-state index < -0.39 is 23.1 Å². The molecule has 10 nitrogen and oxygen atoms in total. The second kappa shape index (κ2) is 8.68. The zero-order valence-corrected chi connectivity index (χ0v) is 16.9. The molecule has 2 amide bonds. The first-order valence-corrected chi connectivity index (χ1v) is 9.53. The lowest BCUT2D eigenvalue weighted by atomic mass is 10.0. The Hall–Kier alpha value is -3.82. The van der Waals surface area contributed by atoms with Crippen molar-refractivity contribution in [2.45, 2.75) is 39.7 Å². The highest BCUT2D eigenvalue weighted by Crippen LogP contribution is 2.19. The number of hydrazine groups is 1. The zero-order chi connectivity index (χ0) is 21.8. The van der Waals surface area contributed by atoms with Gasteiger partial charge in [0.05, 0.1) is 10.9 Å². The van der Waals surface area contributed by atoms with Gasteiger partial charge in [0.25, 0.3) is 17.4 Å². The van der Waals surface area contributed by atoms with Gasteiger partial charge in [0.15, 0.2) is 5.65 Å². The molecule has 0 saturated carbocycles. The van der Waals surface area contributed by atoms with Crippen molar-refractivity contribution < 1.29 is 9.59 Å². The first kappa shape index (κ1) is 20.9. The summed E-state index contributed by atoms with van der Waals surface area (Å²) in [5, 5.41) is -0.0166. The highest BCUT2D eigenvalue weighted by atomic mass is 16.2. The molecule has 0 aliphatic rings. The van der Waals surface area contributed by atoms with Crippen LogP contribution in [0.15, 0.2) is 40.1 Å². The van der Waals surface area contributed by atoms with Gasteiger partial charge in [0.1, 0.15) is 5.69 Å². The number of amides is 2. The molecule has 3 rings (SSSR count). The molecule has 3 N–H and O–H groups in total. The number of hydrogen-bond donors (Lipinski definition) is 3. The highest BCUT2D eigenvalue weighted by molar-refractivity contribution is 6.06. The van der Waals surface area contributed by atoms with Gasteiger partial charge in [-0.3, -0.25) is 39.8 Å². The molecule has 30 heavy (non-hydrogen) atoms. The Bertz CT molecular complexity index is 1210. The number of aromatic nitrogens is 4. The van der Waals surface area contributed by atoms with E-state index in [0.717, 1.165) is 0 Å². The maximum absolute atomic E-state index is 12.9. The van der Waals surface area contributed by atoms with Crippen molar-refractivity contribution in [3.8, 4) is 0 Å². The van der Waals surface area contributed by atoms with E-state index in [1.165, 1.54) is 22.9 Å². The molecule has 3 heterocycles. The van der Waals surface area contributed by atoms with Crippen LogP contribution in [-0.2, 0) is 6.54 Å². The smallest absolute Gasteiger partial charge is 0.278 e. The molecule has 0 aliphatic carbocycles. The van der Waals surface area contributed by atoms with Gasteiger partial charge in [-0.05, 0) is 30.5 Å². The third-order valence-electron chi connectivity index (χ3n) is 4.44. The van der Waals surface area contributed by atoms with Crippen molar-refractivity contribution in [2.75, 3.05) is 0 Å². The summed E-state index contributed by atoms with van der Waals surface area (Å²) in [5.74, 6) is -1.38. The fraction of sp³-hybridized carbons (Fsp3) is 0.300. The molecule has 0 aliphatic heterocycles. The molecule has 0 spiro atoms. The Labute approximate surface area is 171 Å². The number of carbonyl (C=O) groups excluding carboxylic acids is 2. The summed E-state index contributed by atoms with van der Waals surface area (Å²) in [6.45, 7) is 5.98. The van der Waals surface area contributed by atoms with Crippen molar-refractivity contribution in [3.63, 3.8) is 0 Å². The Kier molecular flexibility index (Phi) is 6.05. The van der Waals surface area contributed by atoms with Crippen LogP contribution < -0.4 is 22.1 Å². The number of carbonyl (C=O) groups is 2. The number of nitrogens with one attached hydrogen (secondary N) is 3. The maximum Gasteiger partial charge on any atom is 0.329 e. The van der Waals surface area contributed by atoms with Gasteiger partial charge in [-0.15, -0.1) is 0 Å². The SMILES string of the molecule is CCCn1c(=O)[nH]c(=O)c2c(C(=O)NNC(=O)c3ccccn3)cc(C(C)C)nc21. The molecular formula is C20H22N6O4. The minimum atomic E-state index is -0.716. The monoisotopic (exact) mass is 410 g/mol. The Morgan fingerprint density at radius 2 is 1.90 bits per heavy atom. The lowest BCUT2D eigenvalue weighted by Gasteiger charge is -2.14. The topological polar surface area (TPSA) is 139 Å². The summed E-state index contributed by atoms with van der Waals surface area (Å²) in [5.41, 5.74) is 4.09. The summed E-state index contributed by atoms with van der Waals surface area (Å²) in [4.78, 5) is 60.4. The van der Waals surface area contributed by atoms with E-state index in [1.807, 2.05) is 20.8 Å². The lowest BCUT2D eigenvalue weighted by Crippen LogP contribution is -2.42. The first-order chi connectivity index (χ1) is 14.3. The Balaban J connectivity index is 2.06. The molecule has 156 valence electrons. The predicted octanol–water partition coefficient (Wildman–Crippen LogP) is 1.09. The molecule has 0 atom stereocenters. The fourth-order valence-corrected chi connectivity index (χ4v) is 2.94. The number of aromatic amines is 1. The molecule has 3 aromatic rings. The van der Waals surface area contributed by atoms with E-state index in [4.69, 9.17) is 0 Å². The van der Waals surface area contributed by atoms with Gasteiger partial charge in [-0.1, -0.05) is 26.8 Å². The number of nitrogens with zero attached hydrogens (tertiary/aromatic N) is 3. The van der Waals surface area contributed by atoms with E-state index in [-0.39, 0.29) is 28.2 Å². The number of H-pyrrole nitrogens is 1. The van der Waals surface area contributed by atoms with Crippen LogP contribution >= 0.6 is 0 Å². The summed E-state index contributed by atoms with van der Waals surface area (Å²) in [7, 11) is 0. The Morgan fingerprint density at radius 3 is 2.53 bits per heavy atom. The van der Waals surface area contributed by atoms with Crippen LogP contribution in [0.4, 0.5) is 0 Å². The molecule has 0 fully saturated rings. The van der Waals surface area contributed by atoms with Crippen LogP contribution in [0.5, 0.6) is 0 Å². The second-order valence-corrected chi connectivity index (χ2v) is 6.98. The summed E-state index contributed by atoms with van der Waals surface area (Å²) >= 11 is 0. The normalized spacial score (nSPS) is 10.9. The van der Waals surface area contributed by atoms with Crippen molar-refractivity contribution in [1.29, 1.82) is 0 Å². The van der Waals surface area contributed by atoms with E-state index in [9.17, 15) is 19.2 Å². The highest BCUT2D eigenvalue weighted by Gasteiger charge is 2.21. The molecule has 0 bridgehead atoms. The third kappa shape index (κ3) is 4.12. The summed E-state index contributed by atoms with van der Waals surface area (Å²) < 4.78 is 1.34. The standard InChI is InChI=1S/C20H22N6O4/c1-4-9-26-16-15(19(29)23-20(26)30)12(10-14(22-16)11(2)3)17(27)24-25-18(28)13-7-5-6-8-21-13/h5-8,10-11H,4,9H2,1-3H3,(H,24,27)(H,25,28)(H,23,29,30). The molecule has 0 aromatic carbocycles. The van der Waals surface area contributed by atoms with Crippen LogP contribution in [0.1, 0.15) is 59.7 Å². The van der Waals surface area contributed by atoms with Crippen LogP contribution in [0.25, 0.3) is 11.0 Å². The summed E-state index contributed by atoms with van der Waals surface area (Å²) in [6, 6.07) is 6.29. The van der Waals surface area contributed by atoms with Crippen molar-refractivity contribution >= 4 is 22.8 Å². The number of hydrogen-bond acceptors (Lipinski definition) is 6. The average molecular weight is 410 g/mol. The van der Waals surface area contributed by atoms with E-state index in [2.05, 4.69) is 25.8 Å². The fourth-order valence-electron chi connectivity index (χ4n) is 2.94. The van der Waals surface area contributed by atoms with Gasteiger partial charge in [-0.25, -0.2) is 9.78 Å². The van der Waals surface area contributed by atoms with E-state index in [0.29, 0.717) is 18.7 Å². The Morgan fingerprint density at radius 1 is 1.17 bits per heavy atom. The zero-order valence-electron chi connectivity index (χ0n) is 16.9. The van der Waals surface area contributed by atoms with Gasteiger partial charge in [0.2, 0.25) is 0 Å². The minimum Gasteiger partial charge on any atom is -0.278 e.